The number of nitriles is 1. The molecule has 0 aliphatic rings. The first-order chi connectivity index (χ1) is 6.36. The second-order valence-corrected chi connectivity index (χ2v) is 2.19. The molecule has 0 saturated carbocycles. The first kappa shape index (κ1) is 11.6. The van der Waals surface area contributed by atoms with Gasteiger partial charge in [0.15, 0.2) is 0 Å². The summed E-state index contributed by atoms with van der Waals surface area (Å²) in [5.41, 5.74) is 1.55. The van der Waals surface area contributed by atoms with Gasteiger partial charge in [-0.3, -0.25) is 0 Å². The highest BCUT2D eigenvalue weighted by Crippen LogP contribution is 1.97. The maximum atomic E-state index is 8.43. The van der Waals surface area contributed by atoms with Gasteiger partial charge in [-0.2, -0.15) is 5.26 Å². The van der Waals surface area contributed by atoms with Crippen molar-refractivity contribution in [2.45, 2.75) is 20.4 Å². The molecule has 70 valence electrons. The first-order valence-corrected chi connectivity index (χ1v) is 4.36. The van der Waals surface area contributed by atoms with E-state index >= 15 is 0 Å². The summed E-state index contributed by atoms with van der Waals surface area (Å²) >= 11 is 0. The zero-order valence-corrected chi connectivity index (χ0v) is 8.33. The monoisotopic (exact) mass is 177 g/mol. The number of rotatable bonds is 2. The van der Waals surface area contributed by atoms with Crippen LogP contribution in [0.1, 0.15) is 25.1 Å². The average molecular weight is 177 g/mol. The van der Waals surface area contributed by atoms with Crippen molar-refractivity contribution in [1.29, 1.82) is 5.26 Å². The summed E-state index contributed by atoms with van der Waals surface area (Å²) in [6.07, 6.45) is 1.70. The van der Waals surface area contributed by atoms with Crippen LogP contribution in [0.5, 0.6) is 0 Å². The number of hydrogen-bond acceptors (Lipinski definition) is 3. The summed E-state index contributed by atoms with van der Waals surface area (Å²) in [4.78, 5) is 3.91. The second-order valence-electron chi connectivity index (χ2n) is 2.19. The van der Waals surface area contributed by atoms with Crippen LogP contribution in [0.3, 0.4) is 0 Å². The third-order valence-electron chi connectivity index (χ3n) is 1.32. The van der Waals surface area contributed by atoms with Gasteiger partial charge in [0.25, 0.3) is 0 Å². The summed E-state index contributed by atoms with van der Waals surface area (Å²) in [5.74, 6) is 0. The summed E-state index contributed by atoms with van der Waals surface area (Å²) in [7, 11) is 1.87. The van der Waals surface area contributed by atoms with Crippen molar-refractivity contribution < 1.29 is 0 Å². The zero-order chi connectivity index (χ0) is 10.1. The van der Waals surface area contributed by atoms with Crippen molar-refractivity contribution in [2.75, 3.05) is 7.05 Å². The van der Waals surface area contributed by atoms with Crippen molar-refractivity contribution >= 4 is 0 Å². The van der Waals surface area contributed by atoms with Crippen LogP contribution in [0.15, 0.2) is 18.3 Å². The fraction of sp³-hybridized carbons (Fsp3) is 0.400. The lowest BCUT2D eigenvalue weighted by Crippen LogP contribution is -2.05. The molecule has 0 unspecified atom stereocenters. The summed E-state index contributed by atoms with van der Waals surface area (Å²) in [6, 6.07) is 5.57. The van der Waals surface area contributed by atoms with Gasteiger partial charge in [0.2, 0.25) is 0 Å². The fourth-order valence-corrected chi connectivity index (χ4v) is 0.799. The molecular formula is C10H15N3. The normalized spacial score (nSPS) is 8.15. The number of nitrogens with zero attached hydrogens (tertiary/aromatic N) is 2. The van der Waals surface area contributed by atoms with Crippen LogP contribution in [-0.2, 0) is 6.54 Å². The largest absolute Gasteiger partial charge is 0.316 e. The van der Waals surface area contributed by atoms with Crippen LogP contribution in [0.2, 0.25) is 0 Å². The van der Waals surface area contributed by atoms with Crippen LogP contribution in [0.4, 0.5) is 0 Å². The van der Waals surface area contributed by atoms with Crippen molar-refractivity contribution in [1.82, 2.24) is 10.3 Å². The lowest BCUT2D eigenvalue weighted by Gasteiger charge is -1.96. The molecule has 1 aromatic rings. The number of pyridine rings is 1. The molecule has 0 aliphatic heterocycles. The Morgan fingerprint density at radius 2 is 2.15 bits per heavy atom. The van der Waals surface area contributed by atoms with Gasteiger partial charge >= 0.3 is 0 Å². The second kappa shape index (κ2) is 7.26. The molecule has 0 amide bonds. The van der Waals surface area contributed by atoms with Gasteiger partial charge in [-0.05, 0) is 18.7 Å². The van der Waals surface area contributed by atoms with Gasteiger partial charge in [0, 0.05) is 12.7 Å². The third-order valence-corrected chi connectivity index (χ3v) is 1.32. The predicted octanol–water partition coefficient (Wildman–Crippen LogP) is 1.70. The van der Waals surface area contributed by atoms with Gasteiger partial charge < -0.3 is 5.32 Å². The van der Waals surface area contributed by atoms with E-state index in [1.165, 1.54) is 0 Å². The van der Waals surface area contributed by atoms with E-state index < -0.39 is 0 Å². The molecule has 1 heterocycles. The maximum absolute atomic E-state index is 8.43. The van der Waals surface area contributed by atoms with Crippen LogP contribution >= 0.6 is 0 Å². The number of aromatic nitrogens is 1. The van der Waals surface area contributed by atoms with Crippen LogP contribution in [0.25, 0.3) is 0 Å². The molecule has 1 aromatic heterocycles. The van der Waals surface area contributed by atoms with Crippen molar-refractivity contribution in [3.63, 3.8) is 0 Å². The molecular weight excluding hydrogens is 162 g/mol. The Hall–Kier alpha value is -1.40. The third kappa shape index (κ3) is 4.24. The van der Waals surface area contributed by atoms with Gasteiger partial charge in [-0.25, -0.2) is 4.98 Å². The average Bonchev–Trinajstić information content (AvgIpc) is 2.23. The van der Waals surface area contributed by atoms with E-state index in [9.17, 15) is 0 Å². The molecule has 3 heteroatoms. The molecule has 0 atom stereocenters. The highest BCUT2D eigenvalue weighted by molar-refractivity contribution is 5.22. The summed E-state index contributed by atoms with van der Waals surface area (Å²) < 4.78 is 0. The quantitative estimate of drug-likeness (QED) is 0.748. The minimum absolute atomic E-state index is 0.463. The smallest absolute Gasteiger partial charge is 0.140 e. The molecule has 0 saturated heterocycles. The Morgan fingerprint density at radius 3 is 2.54 bits per heavy atom. The minimum Gasteiger partial charge on any atom is -0.316 e. The number of nitrogens with one attached hydrogen (secondary N) is 1. The predicted molar refractivity (Wildman–Crippen MR) is 53.1 cm³/mol. The Balaban J connectivity index is 0.000000671. The van der Waals surface area contributed by atoms with E-state index in [-0.39, 0.29) is 0 Å². The van der Waals surface area contributed by atoms with Crippen molar-refractivity contribution in [3.05, 3.63) is 29.6 Å². The first-order valence-electron chi connectivity index (χ1n) is 4.36. The Labute approximate surface area is 79.4 Å². The Kier molecular flexibility index (Phi) is 6.48. The number of hydrogen-bond donors (Lipinski definition) is 1. The Morgan fingerprint density at radius 1 is 1.46 bits per heavy atom. The lowest BCUT2D eigenvalue weighted by molar-refractivity contribution is 0.813. The van der Waals surface area contributed by atoms with Crippen molar-refractivity contribution in [3.8, 4) is 6.07 Å². The molecule has 0 fully saturated rings. The van der Waals surface area contributed by atoms with Gasteiger partial charge in [-0.1, -0.05) is 19.9 Å². The lowest BCUT2D eigenvalue weighted by atomic mass is 10.2. The standard InChI is InChI=1S/C8H9N3.C2H6/c1-10-5-7-2-3-8(4-9)11-6-7;1-2/h2-3,6,10H,5H2,1H3;1-2H3. The molecule has 0 spiro atoms. The molecule has 0 radical (unpaired) electrons. The van der Waals surface area contributed by atoms with Gasteiger partial charge in [0.1, 0.15) is 11.8 Å². The highest BCUT2D eigenvalue weighted by atomic mass is 14.8. The van der Waals surface area contributed by atoms with Gasteiger partial charge in [-0.15, -0.1) is 0 Å². The van der Waals surface area contributed by atoms with Crippen LogP contribution in [-0.4, -0.2) is 12.0 Å². The summed E-state index contributed by atoms with van der Waals surface area (Å²) in [6.45, 7) is 4.79. The van der Waals surface area contributed by atoms with E-state index in [1.807, 2.05) is 33.0 Å². The van der Waals surface area contributed by atoms with E-state index in [2.05, 4.69) is 10.3 Å². The van der Waals surface area contributed by atoms with Crippen LogP contribution in [0, 0.1) is 11.3 Å². The van der Waals surface area contributed by atoms with E-state index in [1.54, 1.807) is 12.3 Å². The van der Waals surface area contributed by atoms with Crippen molar-refractivity contribution in [2.24, 2.45) is 0 Å². The van der Waals surface area contributed by atoms with E-state index in [0.29, 0.717) is 5.69 Å². The maximum Gasteiger partial charge on any atom is 0.140 e. The fourth-order valence-electron chi connectivity index (χ4n) is 0.799. The molecule has 0 aliphatic carbocycles. The molecule has 1 N–H and O–H groups in total. The molecule has 3 nitrogen and oxygen atoms in total. The molecule has 0 bridgehead atoms. The SMILES string of the molecule is CC.CNCc1ccc(C#N)nc1. The Bertz CT molecular complexity index is 258. The minimum atomic E-state index is 0.463. The summed E-state index contributed by atoms with van der Waals surface area (Å²) in [5, 5.41) is 11.4. The van der Waals surface area contributed by atoms with Gasteiger partial charge in [0.05, 0.1) is 0 Å². The highest BCUT2D eigenvalue weighted by Gasteiger charge is 1.91. The molecule has 0 aromatic carbocycles. The zero-order valence-electron chi connectivity index (χ0n) is 8.33. The molecule has 13 heavy (non-hydrogen) atoms. The van der Waals surface area contributed by atoms with E-state index in [4.69, 9.17) is 5.26 Å². The van der Waals surface area contributed by atoms with E-state index in [0.717, 1.165) is 12.1 Å². The molecule has 1 rings (SSSR count). The van der Waals surface area contributed by atoms with Crippen LogP contribution < -0.4 is 5.32 Å². The topological polar surface area (TPSA) is 48.7 Å².